The van der Waals surface area contributed by atoms with E-state index in [1.54, 1.807) is 0 Å². The highest BCUT2D eigenvalue weighted by molar-refractivity contribution is 6.00. The van der Waals surface area contributed by atoms with Gasteiger partial charge in [-0.1, -0.05) is 30.3 Å². The number of carbonyl (C=O) groups is 2. The number of ketones is 1. The van der Waals surface area contributed by atoms with E-state index >= 15 is 0 Å². The van der Waals surface area contributed by atoms with E-state index in [0.29, 0.717) is 12.8 Å². The predicted molar refractivity (Wildman–Crippen MR) is 63.3 cm³/mol. The van der Waals surface area contributed by atoms with Crippen LogP contribution in [0.25, 0.3) is 0 Å². The Kier molecular flexibility index (Phi) is 3.57. The Morgan fingerprint density at radius 2 is 2.06 bits per heavy atom. The highest BCUT2D eigenvalue weighted by Crippen LogP contribution is 2.25. The summed E-state index contributed by atoms with van der Waals surface area (Å²) >= 11 is 0. The van der Waals surface area contributed by atoms with Crippen molar-refractivity contribution in [3.05, 3.63) is 35.9 Å². The van der Waals surface area contributed by atoms with Crippen molar-refractivity contribution in [1.82, 2.24) is 0 Å². The first kappa shape index (κ1) is 11.8. The molecule has 0 spiro atoms. The second-order valence-electron chi connectivity index (χ2n) is 4.40. The van der Waals surface area contributed by atoms with Crippen LogP contribution >= 0.6 is 0 Å². The molecular weight excluding hydrogens is 216 g/mol. The van der Waals surface area contributed by atoms with E-state index in [1.807, 2.05) is 37.3 Å². The van der Waals surface area contributed by atoms with Crippen LogP contribution in [0.5, 0.6) is 0 Å². The number of esters is 1. The molecule has 90 valence electrons. The van der Waals surface area contributed by atoms with Gasteiger partial charge in [0.05, 0.1) is 0 Å². The number of hydrogen-bond acceptors (Lipinski definition) is 3. The van der Waals surface area contributed by atoms with Gasteiger partial charge >= 0.3 is 5.97 Å². The molecule has 0 heterocycles. The van der Waals surface area contributed by atoms with E-state index in [2.05, 4.69) is 0 Å². The molecule has 3 nitrogen and oxygen atoms in total. The maximum Gasteiger partial charge on any atom is 0.317 e. The summed E-state index contributed by atoms with van der Waals surface area (Å²) in [5, 5.41) is 0. The third kappa shape index (κ3) is 2.73. The fraction of sp³-hybridized carbons (Fsp3) is 0.429. The van der Waals surface area contributed by atoms with Crippen LogP contribution in [0, 0.1) is 5.92 Å². The van der Waals surface area contributed by atoms with E-state index in [-0.39, 0.29) is 17.9 Å². The maximum absolute atomic E-state index is 11.8. The quantitative estimate of drug-likeness (QED) is 0.594. The lowest BCUT2D eigenvalue weighted by molar-refractivity contribution is -0.155. The lowest BCUT2D eigenvalue weighted by Crippen LogP contribution is -2.22. The second kappa shape index (κ2) is 5.13. The van der Waals surface area contributed by atoms with E-state index in [1.165, 1.54) is 0 Å². The van der Waals surface area contributed by atoms with Gasteiger partial charge in [-0.05, 0) is 25.3 Å². The topological polar surface area (TPSA) is 43.4 Å². The van der Waals surface area contributed by atoms with Crippen LogP contribution in [0.4, 0.5) is 0 Å². The van der Waals surface area contributed by atoms with Crippen molar-refractivity contribution in [2.45, 2.75) is 32.3 Å². The first-order valence-corrected chi connectivity index (χ1v) is 5.96. The molecule has 2 atom stereocenters. The molecule has 2 rings (SSSR count). The van der Waals surface area contributed by atoms with Crippen LogP contribution in [0.2, 0.25) is 0 Å². The number of ether oxygens (including phenoxy) is 1. The number of hydrogen-bond donors (Lipinski definition) is 0. The molecule has 1 aromatic carbocycles. The molecule has 1 aliphatic carbocycles. The predicted octanol–water partition coefficient (Wildman–Crippen LogP) is 2.66. The summed E-state index contributed by atoms with van der Waals surface area (Å²) < 4.78 is 5.33. The van der Waals surface area contributed by atoms with Crippen molar-refractivity contribution in [3.8, 4) is 0 Å². The van der Waals surface area contributed by atoms with Gasteiger partial charge in [0.25, 0.3) is 0 Å². The molecule has 1 saturated carbocycles. The largest absolute Gasteiger partial charge is 0.457 e. The van der Waals surface area contributed by atoms with Crippen LogP contribution in [0.3, 0.4) is 0 Å². The van der Waals surface area contributed by atoms with Gasteiger partial charge in [0, 0.05) is 6.42 Å². The van der Waals surface area contributed by atoms with Gasteiger partial charge in [-0.2, -0.15) is 0 Å². The van der Waals surface area contributed by atoms with E-state index < -0.39 is 5.92 Å². The van der Waals surface area contributed by atoms with Crippen LogP contribution in [0.15, 0.2) is 30.3 Å². The Hall–Kier alpha value is -1.64. The van der Waals surface area contributed by atoms with Gasteiger partial charge in [0.1, 0.15) is 17.8 Å². The van der Waals surface area contributed by atoms with Gasteiger partial charge in [-0.3, -0.25) is 9.59 Å². The van der Waals surface area contributed by atoms with Crippen LogP contribution < -0.4 is 0 Å². The number of benzene rings is 1. The third-order valence-corrected chi connectivity index (χ3v) is 3.15. The molecule has 0 bridgehead atoms. The van der Waals surface area contributed by atoms with Crippen molar-refractivity contribution in [1.29, 1.82) is 0 Å². The zero-order valence-electron chi connectivity index (χ0n) is 9.89. The first-order valence-electron chi connectivity index (χ1n) is 5.96. The molecule has 1 fully saturated rings. The Bertz CT molecular complexity index is 411. The van der Waals surface area contributed by atoms with Gasteiger partial charge in [-0.25, -0.2) is 0 Å². The van der Waals surface area contributed by atoms with Gasteiger partial charge < -0.3 is 4.74 Å². The smallest absolute Gasteiger partial charge is 0.317 e. The van der Waals surface area contributed by atoms with Gasteiger partial charge in [0.15, 0.2) is 0 Å². The molecule has 1 aliphatic rings. The Balaban J connectivity index is 1.97. The average molecular weight is 232 g/mol. The monoisotopic (exact) mass is 232 g/mol. The normalized spacial score (nSPS) is 21.2. The SMILES string of the molecule is C[C@H](OC(=O)C1CCCC1=O)c1ccccc1. The standard InChI is InChI=1S/C14H16O3/c1-10(11-6-3-2-4-7-11)17-14(16)12-8-5-9-13(12)15/h2-4,6-7,10,12H,5,8-9H2,1H3/t10-,12?/m0/s1. The van der Waals surface area contributed by atoms with E-state index in [9.17, 15) is 9.59 Å². The summed E-state index contributed by atoms with van der Waals surface area (Å²) in [6, 6.07) is 9.54. The minimum absolute atomic E-state index is 0.0234. The Labute approximate surface area is 101 Å². The summed E-state index contributed by atoms with van der Waals surface area (Å²) in [6.45, 7) is 1.83. The zero-order valence-corrected chi connectivity index (χ0v) is 9.89. The molecular formula is C14H16O3. The number of Topliss-reactive ketones (excluding diaryl/α,β-unsaturated/α-hetero) is 1. The van der Waals surface area contributed by atoms with Gasteiger partial charge in [-0.15, -0.1) is 0 Å². The summed E-state index contributed by atoms with van der Waals surface area (Å²) in [6.07, 6.45) is 1.66. The third-order valence-electron chi connectivity index (χ3n) is 3.15. The summed E-state index contributed by atoms with van der Waals surface area (Å²) in [4.78, 5) is 23.2. The van der Waals surface area contributed by atoms with E-state index in [0.717, 1.165) is 12.0 Å². The minimum atomic E-state index is -0.527. The highest BCUT2D eigenvalue weighted by Gasteiger charge is 2.33. The summed E-state index contributed by atoms with van der Waals surface area (Å²) in [5.74, 6) is -0.875. The molecule has 1 unspecified atom stereocenters. The van der Waals surface area contributed by atoms with Crippen molar-refractivity contribution in [2.75, 3.05) is 0 Å². The molecule has 0 N–H and O–H groups in total. The van der Waals surface area contributed by atoms with Crippen LogP contribution in [0.1, 0.15) is 37.9 Å². The maximum atomic E-state index is 11.8. The first-order chi connectivity index (χ1) is 8.18. The Morgan fingerprint density at radius 1 is 1.35 bits per heavy atom. The summed E-state index contributed by atoms with van der Waals surface area (Å²) in [7, 11) is 0. The summed E-state index contributed by atoms with van der Waals surface area (Å²) in [5.41, 5.74) is 0.950. The zero-order chi connectivity index (χ0) is 12.3. The van der Waals surface area contributed by atoms with Crippen LogP contribution in [-0.2, 0) is 14.3 Å². The van der Waals surface area contributed by atoms with Gasteiger partial charge in [0.2, 0.25) is 0 Å². The van der Waals surface area contributed by atoms with Crippen molar-refractivity contribution >= 4 is 11.8 Å². The van der Waals surface area contributed by atoms with E-state index in [4.69, 9.17) is 4.74 Å². The molecule has 0 aliphatic heterocycles. The Morgan fingerprint density at radius 3 is 2.65 bits per heavy atom. The number of rotatable bonds is 3. The molecule has 0 radical (unpaired) electrons. The van der Waals surface area contributed by atoms with Crippen molar-refractivity contribution in [3.63, 3.8) is 0 Å². The molecule has 1 aromatic rings. The highest BCUT2D eigenvalue weighted by atomic mass is 16.5. The molecule has 3 heteroatoms. The fourth-order valence-electron chi connectivity index (χ4n) is 2.11. The van der Waals surface area contributed by atoms with Crippen molar-refractivity contribution in [2.24, 2.45) is 5.92 Å². The molecule has 0 aromatic heterocycles. The molecule has 0 amide bonds. The lowest BCUT2D eigenvalue weighted by atomic mass is 10.1. The molecule has 17 heavy (non-hydrogen) atoms. The minimum Gasteiger partial charge on any atom is -0.457 e. The van der Waals surface area contributed by atoms with Crippen LogP contribution in [-0.4, -0.2) is 11.8 Å². The lowest BCUT2D eigenvalue weighted by Gasteiger charge is -2.15. The molecule has 0 saturated heterocycles. The second-order valence-corrected chi connectivity index (χ2v) is 4.40. The average Bonchev–Trinajstić information content (AvgIpc) is 2.76. The number of carbonyl (C=O) groups excluding carboxylic acids is 2. The van der Waals surface area contributed by atoms with Crippen molar-refractivity contribution < 1.29 is 14.3 Å². The fourth-order valence-corrected chi connectivity index (χ4v) is 2.11.